The normalized spacial score (nSPS) is 10.7. The van der Waals surface area contributed by atoms with Crippen LogP contribution in [0.15, 0.2) is 59.4 Å². The van der Waals surface area contributed by atoms with Crippen LogP contribution < -0.4 is 5.69 Å². The number of aromatic amines is 1. The average Bonchev–Trinajstić information content (AvgIpc) is 2.76. The fraction of sp³-hybridized carbons (Fsp3) is 0. The lowest BCUT2D eigenvalue weighted by molar-refractivity contribution is 0.443. The molecule has 1 aromatic heterocycles. The second-order valence-corrected chi connectivity index (χ2v) is 4.74. The number of halogens is 1. The molecule has 0 saturated carbocycles. The molecular formula is C15H11ClN2O2. The molecule has 3 rings (SSSR count). The highest BCUT2D eigenvalue weighted by atomic mass is 35.5. The van der Waals surface area contributed by atoms with E-state index in [1.54, 1.807) is 24.3 Å². The highest BCUT2D eigenvalue weighted by molar-refractivity contribution is 6.30. The lowest BCUT2D eigenvalue weighted by Gasteiger charge is -2.04. The van der Waals surface area contributed by atoms with Gasteiger partial charge in [-0.25, -0.2) is 9.36 Å². The lowest BCUT2D eigenvalue weighted by atomic mass is 10.2. The van der Waals surface area contributed by atoms with Crippen LogP contribution >= 0.6 is 11.6 Å². The zero-order valence-corrected chi connectivity index (χ0v) is 11.1. The number of nitrogens with one attached hydrogen (secondary N) is 1. The fourth-order valence-corrected chi connectivity index (χ4v) is 2.19. The summed E-state index contributed by atoms with van der Waals surface area (Å²) in [5.74, 6) is -0.122. The standard InChI is InChI=1S/C15H11ClN2O2/c16-11-6-8-12(9-7-11)18-14(19)13(17-15(18)20)10-4-2-1-3-5-10/h1-9,19H,(H,17,20). The number of rotatable bonds is 2. The molecule has 0 aliphatic rings. The van der Waals surface area contributed by atoms with E-state index in [0.29, 0.717) is 16.4 Å². The zero-order chi connectivity index (χ0) is 14.1. The van der Waals surface area contributed by atoms with Crippen LogP contribution in [0, 0.1) is 0 Å². The first-order chi connectivity index (χ1) is 9.66. The van der Waals surface area contributed by atoms with Gasteiger partial charge in [-0.1, -0.05) is 41.9 Å². The van der Waals surface area contributed by atoms with Gasteiger partial charge in [0, 0.05) is 10.6 Å². The highest BCUT2D eigenvalue weighted by Crippen LogP contribution is 2.27. The van der Waals surface area contributed by atoms with Gasteiger partial charge in [0.05, 0.1) is 5.69 Å². The minimum atomic E-state index is -0.399. The summed E-state index contributed by atoms with van der Waals surface area (Å²) in [6.07, 6.45) is 0. The van der Waals surface area contributed by atoms with Gasteiger partial charge in [-0.05, 0) is 24.3 Å². The molecule has 0 unspecified atom stereocenters. The number of hydrogen-bond donors (Lipinski definition) is 2. The number of aromatic nitrogens is 2. The van der Waals surface area contributed by atoms with Gasteiger partial charge < -0.3 is 10.1 Å². The van der Waals surface area contributed by atoms with Gasteiger partial charge in [-0.15, -0.1) is 0 Å². The Hall–Kier alpha value is -2.46. The van der Waals surface area contributed by atoms with E-state index in [9.17, 15) is 9.90 Å². The monoisotopic (exact) mass is 286 g/mol. The topological polar surface area (TPSA) is 58.0 Å². The van der Waals surface area contributed by atoms with E-state index in [4.69, 9.17) is 11.6 Å². The molecule has 0 aliphatic heterocycles. The first-order valence-electron chi connectivity index (χ1n) is 6.02. The number of benzene rings is 2. The molecule has 2 N–H and O–H groups in total. The summed E-state index contributed by atoms with van der Waals surface area (Å²) < 4.78 is 1.21. The van der Waals surface area contributed by atoms with E-state index in [1.165, 1.54) is 4.57 Å². The number of aromatic hydroxyl groups is 1. The molecule has 5 heteroatoms. The molecule has 4 nitrogen and oxygen atoms in total. The Labute approximate surface area is 119 Å². The Morgan fingerprint density at radius 1 is 1.00 bits per heavy atom. The van der Waals surface area contributed by atoms with Crippen molar-refractivity contribution in [2.24, 2.45) is 0 Å². The number of nitrogens with zero attached hydrogens (tertiary/aromatic N) is 1. The highest BCUT2D eigenvalue weighted by Gasteiger charge is 2.15. The van der Waals surface area contributed by atoms with Crippen LogP contribution in [0.3, 0.4) is 0 Å². The van der Waals surface area contributed by atoms with Gasteiger partial charge in [0.2, 0.25) is 5.88 Å². The molecule has 0 aliphatic carbocycles. The SMILES string of the molecule is O=c1[nH]c(-c2ccccc2)c(O)n1-c1ccc(Cl)cc1. The zero-order valence-electron chi connectivity index (χ0n) is 10.4. The van der Waals surface area contributed by atoms with E-state index >= 15 is 0 Å². The third-order valence-corrected chi connectivity index (χ3v) is 3.27. The van der Waals surface area contributed by atoms with Gasteiger partial charge in [0.1, 0.15) is 5.69 Å². The van der Waals surface area contributed by atoms with Gasteiger partial charge in [-0.2, -0.15) is 0 Å². The molecule has 0 radical (unpaired) electrons. The number of imidazole rings is 1. The number of hydrogen-bond acceptors (Lipinski definition) is 2. The smallest absolute Gasteiger partial charge is 0.333 e. The van der Waals surface area contributed by atoms with Crippen molar-refractivity contribution in [2.45, 2.75) is 0 Å². The second kappa shape index (κ2) is 4.90. The minimum Gasteiger partial charge on any atom is -0.493 e. The maximum Gasteiger partial charge on any atom is 0.333 e. The Balaban J connectivity index is 2.17. The first-order valence-corrected chi connectivity index (χ1v) is 6.40. The summed E-state index contributed by atoms with van der Waals surface area (Å²) in [5.41, 5.74) is 1.29. The molecule has 20 heavy (non-hydrogen) atoms. The van der Waals surface area contributed by atoms with E-state index in [0.717, 1.165) is 5.56 Å². The molecule has 0 fully saturated rings. The molecule has 0 atom stereocenters. The molecule has 0 saturated heterocycles. The van der Waals surface area contributed by atoms with Crippen molar-refractivity contribution in [3.8, 4) is 22.8 Å². The van der Waals surface area contributed by atoms with E-state index < -0.39 is 5.69 Å². The summed E-state index contributed by atoms with van der Waals surface area (Å²) in [4.78, 5) is 14.7. The number of H-pyrrole nitrogens is 1. The van der Waals surface area contributed by atoms with Crippen LogP contribution in [0.4, 0.5) is 0 Å². The molecule has 2 aromatic carbocycles. The second-order valence-electron chi connectivity index (χ2n) is 4.31. The predicted octanol–water partition coefficient (Wildman–Crippen LogP) is 3.19. The van der Waals surface area contributed by atoms with Crippen molar-refractivity contribution in [3.63, 3.8) is 0 Å². The van der Waals surface area contributed by atoms with Gasteiger partial charge in [0.15, 0.2) is 0 Å². The van der Waals surface area contributed by atoms with Gasteiger partial charge in [0.25, 0.3) is 0 Å². The van der Waals surface area contributed by atoms with Crippen molar-refractivity contribution in [3.05, 3.63) is 70.1 Å². The molecule has 0 spiro atoms. The summed E-state index contributed by atoms with van der Waals surface area (Å²) in [7, 11) is 0. The van der Waals surface area contributed by atoms with Gasteiger partial charge >= 0.3 is 5.69 Å². The molecule has 3 aromatic rings. The Morgan fingerprint density at radius 2 is 1.65 bits per heavy atom. The van der Waals surface area contributed by atoms with Crippen LogP contribution in [0.2, 0.25) is 5.02 Å². The first kappa shape index (κ1) is 12.6. The minimum absolute atomic E-state index is 0.122. The van der Waals surface area contributed by atoms with Gasteiger partial charge in [-0.3, -0.25) is 0 Å². The summed E-state index contributed by atoms with van der Waals surface area (Å²) in [5, 5.41) is 10.9. The van der Waals surface area contributed by atoms with Crippen molar-refractivity contribution in [1.29, 1.82) is 0 Å². The predicted molar refractivity (Wildman–Crippen MR) is 78.5 cm³/mol. The Bertz CT molecular complexity index is 789. The quantitative estimate of drug-likeness (QED) is 0.760. The molecule has 0 bridgehead atoms. The van der Waals surface area contributed by atoms with E-state index in [1.807, 2.05) is 30.3 Å². The molecular weight excluding hydrogens is 276 g/mol. The van der Waals surface area contributed by atoms with Crippen LogP contribution in [-0.2, 0) is 0 Å². The molecule has 100 valence electrons. The van der Waals surface area contributed by atoms with E-state index in [2.05, 4.69) is 4.98 Å². The third kappa shape index (κ3) is 2.10. The Kier molecular flexibility index (Phi) is 3.08. The lowest BCUT2D eigenvalue weighted by Crippen LogP contribution is -2.14. The largest absolute Gasteiger partial charge is 0.493 e. The van der Waals surface area contributed by atoms with Crippen molar-refractivity contribution in [2.75, 3.05) is 0 Å². The van der Waals surface area contributed by atoms with Crippen molar-refractivity contribution < 1.29 is 5.11 Å². The van der Waals surface area contributed by atoms with Crippen molar-refractivity contribution in [1.82, 2.24) is 9.55 Å². The molecule has 1 heterocycles. The molecule has 0 amide bonds. The van der Waals surface area contributed by atoms with Crippen LogP contribution in [0.1, 0.15) is 0 Å². The maximum atomic E-state index is 12.0. The maximum absolute atomic E-state index is 12.0. The van der Waals surface area contributed by atoms with Crippen LogP contribution in [0.25, 0.3) is 16.9 Å². The summed E-state index contributed by atoms with van der Waals surface area (Å²) in [6, 6.07) is 15.9. The average molecular weight is 287 g/mol. The fourth-order valence-electron chi connectivity index (χ4n) is 2.06. The van der Waals surface area contributed by atoms with Crippen LogP contribution in [0.5, 0.6) is 5.88 Å². The third-order valence-electron chi connectivity index (χ3n) is 3.02. The van der Waals surface area contributed by atoms with Crippen LogP contribution in [-0.4, -0.2) is 14.7 Å². The summed E-state index contributed by atoms with van der Waals surface area (Å²) in [6.45, 7) is 0. The summed E-state index contributed by atoms with van der Waals surface area (Å²) >= 11 is 5.82. The van der Waals surface area contributed by atoms with E-state index in [-0.39, 0.29) is 5.88 Å². The van der Waals surface area contributed by atoms with Crippen molar-refractivity contribution >= 4 is 11.6 Å². The Morgan fingerprint density at radius 3 is 2.30 bits per heavy atom.